The lowest BCUT2D eigenvalue weighted by Gasteiger charge is -2.06. The molecule has 0 fully saturated rings. The second-order valence-electron chi connectivity index (χ2n) is 4.38. The average Bonchev–Trinajstić information content (AvgIpc) is 2.93. The number of ether oxygens (including phenoxy) is 2. The fourth-order valence-corrected chi connectivity index (χ4v) is 2.18. The molecule has 3 rings (SSSR count). The highest BCUT2D eigenvalue weighted by Gasteiger charge is 2.18. The van der Waals surface area contributed by atoms with Gasteiger partial charge in [0.15, 0.2) is 11.5 Å². The number of hydrogen-bond donors (Lipinski definition) is 2. The van der Waals surface area contributed by atoms with Crippen LogP contribution in [0.15, 0.2) is 12.1 Å². The van der Waals surface area contributed by atoms with Gasteiger partial charge in [-0.2, -0.15) is 0 Å². The summed E-state index contributed by atoms with van der Waals surface area (Å²) in [6.07, 6.45) is 0. The Balaban J connectivity index is 2.13. The number of fused-ring (bicyclic) bond motifs is 1. The molecular weight excluding hydrogens is 230 g/mol. The van der Waals surface area contributed by atoms with Crippen molar-refractivity contribution < 1.29 is 9.47 Å². The number of imidazole rings is 1. The van der Waals surface area contributed by atoms with Gasteiger partial charge in [-0.15, -0.1) is 0 Å². The number of nitrogens with two attached hydrogens (primary N) is 1. The van der Waals surface area contributed by atoms with Gasteiger partial charge in [0.25, 0.3) is 0 Å². The maximum atomic E-state index is 5.60. The number of benzene rings is 1. The van der Waals surface area contributed by atoms with Gasteiger partial charge in [0, 0.05) is 11.3 Å². The zero-order chi connectivity index (χ0) is 12.7. The molecule has 2 heterocycles. The van der Waals surface area contributed by atoms with E-state index in [0.29, 0.717) is 6.54 Å². The van der Waals surface area contributed by atoms with Gasteiger partial charge >= 0.3 is 0 Å². The lowest BCUT2D eigenvalue weighted by molar-refractivity contribution is 0.174. The van der Waals surface area contributed by atoms with E-state index in [9.17, 15) is 0 Å². The Morgan fingerprint density at radius 2 is 2.00 bits per heavy atom. The number of nitrogens with zero attached hydrogens (tertiary/aromatic N) is 1. The Hall–Kier alpha value is -2.01. The van der Waals surface area contributed by atoms with Crippen LogP contribution < -0.4 is 15.2 Å². The molecule has 5 heteroatoms. The van der Waals surface area contributed by atoms with E-state index in [0.717, 1.165) is 39.8 Å². The van der Waals surface area contributed by atoms with Crippen LogP contribution >= 0.6 is 0 Å². The summed E-state index contributed by atoms with van der Waals surface area (Å²) >= 11 is 0. The summed E-state index contributed by atoms with van der Waals surface area (Å²) in [6, 6.07) is 3.95. The highest BCUT2D eigenvalue weighted by molar-refractivity contribution is 5.70. The van der Waals surface area contributed by atoms with Crippen LogP contribution in [0.1, 0.15) is 17.1 Å². The molecule has 1 aliphatic rings. The van der Waals surface area contributed by atoms with E-state index in [4.69, 9.17) is 15.2 Å². The minimum Gasteiger partial charge on any atom is -0.454 e. The van der Waals surface area contributed by atoms with Crippen molar-refractivity contribution in [1.82, 2.24) is 9.97 Å². The molecule has 2 aromatic rings. The quantitative estimate of drug-likeness (QED) is 0.847. The highest BCUT2D eigenvalue weighted by Crippen LogP contribution is 2.38. The molecule has 5 nitrogen and oxygen atoms in total. The summed E-state index contributed by atoms with van der Waals surface area (Å²) in [6.45, 7) is 4.72. The van der Waals surface area contributed by atoms with Crippen molar-refractivity contribution in [3.8, 4) is 22.8 Å². The van der Waals surface area contributed by atoms with Gasteiger partial charge < -0.3 is 20.2 Å². The number of rotatable bonds is 2. The van der Waals surface area contributed by atoms with Crippen molar-refractivity contribution in [3.63, 3.8) is 0 Å². The molecule has 0 bridgehead atoms. The normalized spacial score (nSPS) is 13.1. The van der Waals surface area contributed by atoms with Gasteiger partial charge in [-0.1, -0.05) is 0 Å². The highest BCUT2D eigenvalue weighted by atomic mass is 16.7. The first-order valence-corrected chi connectivity index (χ1v) is 5.85. The number of H-pyrrole nitrogens is 1. The molecule has 0 saturated heterocycles. The molecule has 1 aromatic heterocycles. The fourth-order valence-electron chi connectivity index (χ4n) is 2.18. The first-order valence-electron chi connectivity index (χ1n) is 5.85. The van der Waals surface area contributed by atoms with Crippen LogP contribution in [0.5, 0.6) is 11.5 Å². The Kier molecular flexibility index (Phi) is 2.48. The molecule has 0 unspecified atom stereocenters. The standard InChI is InChI=1S/C13H15N3O2/c1-7-3-10-11(18-6-17-10)4-9(7)13-8(2)15-12(5-14)16-13/h3-4H,5-6,14H2,1-2H3,(H,15,16). The first-order chi connectivity index (χ1) is 8.69. The lowest BCUT2D eigenvalue weighted by atomic mass is 10.0. The molecule has 94 valence electrons. The smallest absolute Gasteiger partial charge is 0.231 e. The SMILES string of the molecule is Cc1cc2c(cc1-c1nc(CN)[nH]c1C)OCO2. The second-order valence-corrected chi connectivity index (χ2v) is 4.38. The van der Waals surface area contributed by atoms with Gasteiger partial charge in [-0.25, -0.2) is 4.98 Å². The zero-order valence-corrected chi connectivity index (χ0v) is 10.4. The summed E-state index contributed by atoms with van der Waals surface area (Å²) in [5.74, 6) is 2.36. The zero-order valence-electron chi connectivity index (χ0n) is 10.4. The third-order valence-corrected chi connectivity index (χ3v) is 3.10. The second kappa shape index (κ2) is 4.03. The van der Waals surface area contributed by atoms with E-state index in [2.05, 4.69) is 9.97 Å². The van der Waals surface area contributed by atoms with Crippen LogP contribution in [0.3, 0.4) is 0 Å². The van der Waals surface area contributed by atoms with Crippen LogP contribution in [0.2, 0.25) is 0 Å². The van der Waals surface area contributed by atoms with Crippen molar-refractivity contribution in [2.75, 3.05) is 6.79 Å². The third-order valence-electron chi connectivity index (χ3n) is 3.10. The Bertz CT molecular complexity index is 605. The summed E-state index contributed by atoms with van der Waals surface area (Å²) in [7, 11) is 0. The van der Waals surface area contributed by atoms with Crippen LogP contribution in [0, 0.1) is 13.8 Å². The van der Waals surface area contributed by atoms with E-state index in [-0.39, 0.29) is 6.79 Å². The van der Waals surface area contributed by atoms with Crippen LogP contribution in [0.25, 0.3) is 11.3 Å². The van der Waals surface area contributed by atoms with E-state index < -0.39 is 0 Å². The largest absolute Gasteiger partial charge is 0.454 e. The predicted molar refractivity (Wildman–Crippen MR) is 67.5 cm³/mol. The molecule has 0 amide bonds. The molecule has 0 radical (unpaired) electrons. The van der Waals surface area contributed by atoms with E-state index in [1.807, 2.05) is 26.0 Å². The summed E-state index contributed by atoms with van der Waals surface area (Å²) in [5, 5.41) is 0. The Morgan fingerprint density at radius 1 is 1.28 bits per heavy atom. The molecular formula is C13H15N3O2. The molecule has 0 aliphatic carbocycles. The van der Waals surface area contributed by atoms with Gasteiger partial charge in [0.05, 0.1) is 12.2 Å². The molecule has 18 heavy (non-hydrogen) atoms. The fraction of sp³-hybridized carbons (Fsp3) is 0.308. The summed E-state index contributed by atoms with van der Waals surface area (Å²) in [4.78, 5) is 7.69. The van der Waals surface area contributed by atoms with Crippen molar-refractivity contribution in [2.24, 2.45) is 5.73 Å². The molecule has 3 N–H and O–H groups in total. The Labute approximate surface area is 105 Å². The van der Waals surface area contributed by atoms with Gasteiger partial charge in [0.1, 0.15) is 5.82 Å². The van der Waals surface area contributed by atoms with Gasteiger partial charge in [-0.05, 0) is 31.5 Å². The van der Waals surface area contributed by atoms with E-state index in [1.165, 1.54) is 0 Å². The number of aromatic nitrogens is 2. The summed E-state index contributed by atoms with van der Waals surface area (Å²) in [5.41, 5.74) is 9.69. The maximum Gasteiger partial charge on any atom is 0.231 e. The van der Waals surface area contributed by atoms with Crippen molar-refractivity contribution >= 4 is 0 Å². The third kappa shape index (κ3) is 1.64. The number of nitrogens with one attached hydrogen (secondary N) is 1. The van der Waals surface area contributed by atoms with Crippen LogP contribution in [-0.2, 0) is 6.54 Å². The number of aromatic amines is 1. The predicted octanol–water partition coefficient (Wildman–Crippen LogP) is 1.88. The number of aryl methyl sites for hydroxylation is 2. The van der Waals surface area contributed by atoms with Gasteiger partial charge in [-0.3, -0.25) is 0 Å². The van der Waals surface area contributed by atoms with Crippen molar-refractivity contribution in [1.29, 1.82) is 0 Å². The minimum absolute atomic E-state index is 0.284. The van der Waals surface area contributed by atoms with Gasteiger partial charge in [0.2, 0.25) is 6.79 Å². The van der Waals surface area contributed by atoms with Crippen LogP contribution in [0.4, 0.5) is 0 Å². The lowest BCUT2D eigenvalue weighted by Crippen LogP contribution is -1.98. The average molecular weight is 245 g/mol. The minimum atomic E-state index is 0.284. The summed E-state index contributed by atoms with van der Waals surface area (Å²) < 4.78 is 10.8. The molecule has 0 saturated carbocycles. The van der Waals surface area contributed by atoms with Crippen molar-refractivity contribution in [2.45, 2.75) is 20.4 Å². The maximum absolute atomic E-state index is 5.60. The van der Waals surface area contributed by atoms with E-state index >= 15 is 0 Å². The number of hydrogen-bond acceptors (Lipinski definition) is 4. The molecule has 1 aliphatic heterocycles. The molecule has 1 aromatic carbocycles. The Morgan fingerprint density at radius 3 is 2.67 bits per heavy atom. The molecule has 0 spiro atoms. The first kappa shape index (κ1) is 11.1. The molecule has 0 atom stereocenters. The topological polar surface area (TPSA) is 73.2 Å². The van der Waals surface area contributed by atoms with Crippen molar-refractivity contribution in [3.05, 3.63) is 29.2 Å². The monoisotopic (exact) mass is 245 g/mol. The van der Waals surface area contributed by atoms with Crippen LogP contribution in [-0.4, -0.2) is 16.8 Å². The van der Waals surface area contributed by atoms with E-state index in [1.54, 1.807) is 0 Å².